The molecule has 0 bridgehead atoms. The van der Waals surface area contributed by atoms with E-state index in [1.54, 1.807) is 6.92 Å². The van der Waals surface area contributed by atoms with Crippen molar-refractivity contribution in [1.82, 2.24) is 0 Å². The number of hydrogen-bond acceptors (Lipinski definition) is 2. The molecule has 0 amide bonds. The van der Waals surface area contributed by atoms with E-state index in [1.807, 2.05) is 0 Å². The van der Waals surface area contributed by atoms with Gasteiger partial charge < -0.3 is 4.74 Å². The highest BCUT2D eigenvalue weighted by molar-refractivity contribution is 5.83. The molecule has 1 aliphatic rings. The van der Waals surface area contributed by atoms with E-state index in [0.29, 0.717) is 0 Å². The van der Waals surface area contributed by atoms with Crippen LogP contribution in [0.2, 0.25) is 0 Å². The fourth-order valence-electron chi connectivity index (χ4n) is 1.08. The van der Waals surface area contributed by atoms with E-state index >= 15 is 0 Å². The van der Waals surface area contributed by atoms with E-state index < -0.39 is 0 Å². The summed E-state index contributed by atoms with van der Waals surface area (Å²) in [6.07, 6.45) is 0.0463. The van der Waals surface area contributed by atoms with Crippen LogP contribution in [0.4, 0.5) is 0 Å². The molecule has 2 atom stereocenters. The van der Waals surface area contributed by atoms with Gasteiger partial charge in [-0.25, -0.2) is 0 Å². The lowest BCUT2D eigenvalue weighted by atomic mass is 9.89. The summed E-state index contributed by atoms with van der Waals surface area (Å²) >= 11 is 0. The first-order valence-corrected chi connectivity index (χ1v) is 3.59. The summed E-state index contributed by atoms with van der Waals surface area (Å²) in [4.78, 5) is 10.7. The molecule has 2 heteroatoms. The first kappa shape index (κ1) is 7.73. The van der Waals surface area contributed by atoms with Gasteiger partial charge >= 0.3 is 0 Å². The Morgan fingerprint density at radius 1 is 1.40 bits per heavy atom. The molecule has 1 saturated heterocycles. The first-order valence-electron chi connectivity index (χ1n) is 3.59. The van der Waals surface area contributed by atoms with E-state index in [4.69, 9.17) is 4.74 Å². The third-order valence-corrected chi connectivity index (χ3v) is 1.75. The Labute approximate surface area is 61.6 Å². The highest BCUT2D eigenvalue weighted by Gasteiger charge is 2.49. The van der Waals surface area contributed by atoms with Gasteiger partial charge in [0.1, 0.15) is 6.10 Å². The number of carbonyl (C=O) groups is 1. The number of ether oxygens (including phenoxy) is 1. The Kier molecular flexibility index (Phi) is 1.59. The number of hydrogen-bond donors (Lipinski definition) is 0. The van der Waals surface area contributed by atoms with Gasteiger partial charge in [-0.15, -0.1) is 0 Å². The minimum Gasteiger partial charge on any atom is -0.361 e. The van der Waals surface area contributed by atoms with Gasteiger partial charge in [0, 0.05) is 0 Å². The van der Waals surface area contributed by atoms with Crippen LogP contribution < -0.4 is 0 Å². The second-order valence-corrected chi connectivity index (χ2v) is 3.95. The Hall–Kier alpha value is -0.370. The van der Waals surface area contributed by atoms with Crippen LogP contribution in [0.25, 0.3) is 0 Å². The van der Waals surface area contributed by atoms with Crippen molar-refractivity contribution in [3.63, 3.8) is 0 Å². The molecule has 0 N–H and O–H groups in total. The number of epoxide rings is 1. The monoisotopic (exact) mass is 142 g/mol. The van der Waals surface area contributed by atoms with Gasteiger partial charge in [-0.3, -0.25) is 4.79 Å². The van der Waals surface area contributed by atoms with Gasteiger partial charge in [-0.05, 0) is 12.3 Å². The molecular weight excluding hydrogens is 128 g/mol. The van der Waals surface area contributed by atoms with Gasteiger partial charge in [0.05, 0.1) is 6.10 Å². The fourth-order valence-corrected chi connectivity index (χ4v) is 1.08. The van der Waals surface area contributed by atoms with Crippen LogP contribution in [0, 0.1) is 5.41 Å². The quantitative estimate of drug-likeness (QED) is 0.518. The molecule has 0 spiro atoms. The number of carbonyl (C=O) groups excluding carboxylic acids is 1. The summed E-state index contributed by atoms with van der Waals surface area (Å²) in [7, 11) is 0. The number of Topliss-reactive ketones (excluding diaryl/α,β-unsaturated/α-hetero) is 1. The lowest BCUT2D eigenvalue weighted by molar-refractivity contribution is -0.118. The molecule has 10 heavy (non-hydrogen) atoms. The second kappa shape index (κ2) is 2.06. The minimum atomic E-state index is -0.111. The third-order valence-electron chi connectivity index (χ3n) is 1.75. The Morgan fingerprint density at radius 2 is 1.90 bits per heavy atom. The molecule has 1 aliphatic heterocycles. The molecule has 0 radical (unpaired) electrons. The van der Waals surface area contributed by atoms with E-state index in [-0.39, 0.29) is 23.4 Å². The highest BCUT2D eigenvalue weighted by Crippen LogP contribution is 2.38. The molecule has 1 heterocycles. The van der Waals surface area contributed by atoms with Crippen LogP contribution in [0.3, 0.4) is 0 Å². The maximum atomic E-state index is 10.7. The molecule has 58 valence electrons. The lowest BCUT2D eigenvalue weighted by Crippen LogP contribution is -2.19. The van der Waals surface area contributed by atoms with E-state index in [9.17, 15) is 4.79 Å². The van der Waals surface area contributed by atoms with Gasteiger partial charge in [0.25, 0.3) is 0 Å². The van der Waals surface area contributed by atoms with Crippen molar-refractivity contribution in [2.24, 2.45) is 5.41 Å². The topological polar surface area (TPSA) is 29.6 Å². The lowest BCUT2D eigenvalue weighted by Gasteiger charge is -2.13. The maximum absolute atomic E-state index is 10.7. The molecule has 0 saturated carbocycles. The normalized spacial score (nSPS) is 32.0. The predicted octanol–water partition coefficient (Wildman–Crippen LogP) is 1.39. The summed E-state index contributed by atoms with van der Waals surface area (Å²) in [6, 6.07) is 0. The molecule has 2 unspecified atom stereocenters. The summed E-state index contributed by atoms with van der Waals surface area (Å²) in [6.45, 7) is 7.83. The van der Waals surface area contributed by atoms with Crippen LogP contribution >= 0.6 is 0 Å². The molecule has 0 aliphatic carbocycles. The van der Waals surface area contributed by atoms with Crippen molar-refractivity contribution in [2.75, 3.05) is 0 Å². The van der Waals surface area contributed by atoms with Gasteiger partial charge in [-0.1, -0.05) is 20.8 Å². The van der Waals surface area contributed by atoms with E-state index in [0.717, 1.165) is 0 Å². The standard InChI is InChI=1S/C8H14O2/c1-5(9)6-7(10-6)8(2,3)4/h6-7H,1-4H3. The summed E-state index contributed by atoms with van der Waals surface area (Å²) in [5.74, 6) is 0.153. The maximum Gasteiger partial charge on any atom is 0.161 e. The Bertz CT molecular complexity index is 155. The second-order valence-electron chi connectivity index (χ2n) is 3.95. The summed E-state index contributed by atoms with van der Waals surface area (Å²) in [5, 5.41) is 0. The zero-order valence-corrected chi connectivity index (χ0v) is 6.97. The van der Waals surface area contributed by atoms with Gasteiger partial charge in [0.15, 0.2) is 5.78 Å². The van der Waals surface area contributed by atoms with Crippen molar-refractivity contribution >= 4 is 5.78 Å². The smallest absolute Gasteiger partial charge is 0.161 e. The zero-order chi connectivity index (χ0) is 7.94. The summed E-state index contributed by atoms with van der Waals surface area (Å²) < 4.78 is 5.19. The fraction of sp³-hybridized carbons (Fsp3) is 0.875. The van der Waals surface area contributed by atoms with Crippen molar-refractivity contribution in [2.45, 2.75) is 39.9 Å². The number of ketones is 1. The van der Waals surface area contributed by atoms with Crippen LogP contribution in [0.15, 0.2) is 0 Å². The SMILES string of the molecule is CC(=O)C1OC1C(C)(C)C. The Morgan fingerprint density at radius 3 is 2.00 bits per heavy atom. The van der Waals surface area contributed by atoms with Crippen molar-refractivity contribution in [3.8, 4) is 0 Å². The average molecular weight is 142 g/mol. The van der Waals surface area contributed by atoms with Crippen LogP contribution in [-0.4, -0.2) is 18.0 Å². The molecular formula is C8H14O2. The van der Waals surface area contributed by atoms with Crippen LogP contribution in [0.5, 0.6) is 0 Å². The summed E-state index contributed by atoms with van der Waals surface area (Å²) in [5.41, 5.74) is 0.121. The Balaban J connectivity index is 2.46. The molecule has 1 fully saturated rings. The van der Waals surface area contributed by atoms with Crippen molar-refractivity contribution < 1.29 is 9.53 Å². The van der Waals surface area contributed by atoms with Crippen LogP contribution in [0.1, 0.15) is 27.7 Å². The average Bonchev–Trinajstić information content (AvgIpc) is 2.35. The van der Waals surface area contributed by atoms with Crippen LogP contribution in [-0.2, 0) is 9.53 Å². The molecule has 0 aromatic carbocycles. The van der Waals surface area contributed by atoms with E-state index in [2.05, 4.69) is 20.8 Å². The molecule has 0 aromatic rings. The first-order chi connectivity index (χ1) is 4.43. The zero-order valence-electron chi connectivity index (χ0n) is 6.97. The molecule has 1 rings (SSSR count). The van der Waals surface area contributed by atoms with Crippen molar-refractivity contribution in [3.05, 3.63) is 0 Å². The van der Waals surface area contributed by atoms with Gasteiger partial charge in [-0.2, -0.15) is 0 Å². The van der Waals surface area contributed by atoms with Crippen molar-refractivity contribution in [1.29, 1.82) is 0 Å². The largest absolute Gasteiger partial charge is 0.361 e. The highest BCUT2D eigenvalue weighted by atomic mass is 16.6. The minimum absolute atomic E-state index is 0.111. The molecule has 2 nitrogen and oxygen atoms in total. The van der Waals surface area contributed by atoms with Gasteiger partial charge in [0.2, 0.25) is 0 Å². The predicted molar refractivity (Wildman–Crippen MR) is 38.8 cm³/mol. The number of rotatable bonds is 1. The third kappa shape index (κ3) is 1.37. The molecule has 0 aromatic heterocycles. The van der Waals surface area contributed by atoms with E-state index in [1.165, 1.54) is 0 Å².